The monoisotopic (exact) mass is 247 g/mol. The Morgan fingerprint density at radius 1 is 1.44 bits per heavy atom. The van der Waals surface area contributed by atoms with Gasteiger partial charge in [-0.25, -0.2) is 0 Å². The van der Waals surface area contributed by atoms with E-state index in [-0.39, 0.29) is 0 Å². The molecular weight excluding hydrogens is 222 g/mol. The van der Waals surface area contributed by atoms with E-state index in [1.807, 2.05) is 11.7 Å². The third-order valence-corrected chi connectivity index (χ3v) is 4.09. The molecule has 1 aromatic rings. The van der Waals surface area contributed by atoms with Crippen LogP contribution in [0.5, 0.6) is 0 Å². The van der Waals surface area contributed by atoms with Crippen LogP contribution in [0.2, 0.25) is 0 Å². The molecule has 0 bridgehead atoms. The molecule has 1 N–H and O–H groups in total. The van der Waals surface area contributed by atoms with Gasteiger partial charge < -0.3 is 5.32 Å². The van der Waals surface area contributed by atoms with Crippen LogP contribution in [-0.4, -0.2) is 16.3 Å². The average molecular weight is 247 g/mol. The lowest BCUT2D eigenvalue weighted by Gasteiger charge is -2.22. The molecule has 18 heavy (non-hydrogen) atoms. The molecule has 0 saturated heterocycles. The van der Waals surface area contributed by atoms with Crippen LogP contribution in [0.4, 0.5) is 0 Å². The molecule has 0 saturated carbocycles. The standard InChI is InChI=1S/C15H25N3/c1-11(15-12(2)17-18(4)13(15)3)16-10-14-8-6-5-7-9-14/h5-6,11,14,16H,7-10H2,1-4H3. The Morgan fingerprint density at radius 3 is 2.78 bits per heavy atom. The van der Waals surface area contributed by atoms with Crippen LogP contribution < -0.4 is 5.32 Å². The van der Waals surface area contributed by atoms with E-state index in [9.17, 15) is 0 Å². The number of allylic oxidation sites excluding steroid dienone is 2. The van der Waals surface area contributed by atoms with Gasteiger partial charge in [0.2, 0.25) is 0 Å². The predicted molar refractivity (Wildman–Crippen MR) is 75.6 cm³/mol. The maximum atomic E-state index is 4.49. The van der Waals surface area contributed by atoms with Crippen LogP contribution in [0.25, 0.3) is 0 Å². The van der Waals surface area contributed by atoms with Crippen LogP contribution in [0.3, 0.4) is 0 Å². The maximum absolute atomic E-state index is 4.49. The maximum Gasteiger partial charge on any atom is 0.0644 e. The third kappa shape index (κ3) is 2.83. The second-order valence-corrected chi connectivity index (χ2v) is 5.49. The number of hydrogen-bond donors (Lipinski definition) is 1. The first kappa shape index (κ1) is 13.3. The van der Waals surface area contributed by atoms with E-state index in [1.165, 1.54) is 30.5 Å². The Morgan fingerprint density at radius 2 is 2.22 bits per heavy atom. The molecule has 0 fully saturated rings. The molecule has 3 nitrogen and oxygen atoms in total. The predicted octanol–water partition coefficient (Wildman–Crippen LogP) is 3.04. The Labute approximate surface area is 110 Å². The second kappa shape index (κ2) is 5.70. The van der Waals surface area contributed by atoms with Crippen molar-refractivity contribution in [3.8, 4) is 0 Å². The Bertz CT molecular complexity index is 431. The minimum absolute atomic E-state index is 0.393. The number of hydrogen-bond acceptors (Lipinski definition) is 2. The van der Waals surface area contributed by atoms with E-state index < -0.39 is 0 Å². The highest BCUT2D eigenvalue weighted by Crippen LogP contribution is 2.22. The molecule has 2 unspecified atom stereocenters. The lowest BCUT2D eigenvalue weighted by Crippen LogP contribution is -2.27. The van der Waals surface area contributed by atoms with Crippen molar-refractivity contribution < 1.29 is 0 Å². The molecule has 1 aliphatic rings. The van der Waals surface area contributed by atoms with E-state index in [4.69, 9.17) is 0 Å². The van der Waals surface area contributed by atoms with Crippen LogP contribution >= 0.6 is 0 Å². The largest absolute Gasteiger partial charge is 0.310 e. The molecular formula is C15H25N3. The summed E-state index contributed by atoms with van der Waals surface area (Å²) in [5, 5.41) is 8.17. The second-order valence-electron chi connectivity index (χ2n) is 5.49. The zero-order chi connectivity index (χ0) is 13.1. The van der Waals surface area contributed by atoms with Gasteiger partial charge in [0.25, 0.3) is 0 Å². The summed E-state index contributed by atoms with van der Waals surface area (Å²) in [6.07, 6.45) is 8.41. The molecule has 3 heteroatoms. The lowest BCUT2D eigenvalue weighted by molar-refractivity contribution is 0.414. The summed E-state index contributed by atoms with van der Waals surface area (Å²) in [5.41, 5.74) is 3.79. The molecule has 2 rings (SSSR count). The smallest absolute Gasteiger partial charge is 0.0644 e. The van der Waals surface area contributed by atoms with Crippen molar-refractivity contribution >= 4 is 0 Å². The highest BCUT2D eigenvalue weighted by Gasteiger charge is 2.17. The zero-order valence-corrected chi connectivity index (χ0v) is 12.0. The molecule has 1 aromatic heterocycles. The first-order chi connectivity index (χ1) is 8.59. The molecule has 2 atom stereocenters. The van der Waals surface area contributed by atoms with Crippen molar-refractivity contribution in [2.45, 2.75) is 46.1 Å². The fourth-order valence-corrected chi connectivity index (χ4v) is 2.90. The number of nitrogens with zero attached hydrogens (tertiary/aromatic N) is 2. The molecule has 0 spiro atoms. The van der Waals surface area contributed by atoms with E-state index in [0.717, 1.165) is 18.2 Å². The van der Waals surface area contributed by atoms with E-state index in [2.05, 4.69) is 43.3 Å². The quantitative estimate of drug-likeness (QED) is 0.829. The van der Waals surface area contributed by atoms with Gasteiger partial charge in [-0.1, -0.05) is 12.2 Å². The highest BCUT2D eigenvalue weighted by atomic mass is 15.3. The van der Waals surface area contributed by atoms with E-state index in [1.54, 1.807) is 0 Å². The minimum atomic E-state index is 0.393. The molecule has 0 amide bonds. The average Bonchev–Trinajstić information content (AvgIpc) is 2.62. The summed E-state index contributed by atoms with van der Waals surface area (Å²) < 4.78 is 1.98. The summed E-state index contributed by atoms with van der Waals surface area (Å²) in [6, 6.07) is 0.393. The third-order valence-electron chi connectivity index (χ3n) is 4.09. The van der Waals surface area contributed by atoms with Gasteiger partial charge in [0, 0.05) is 24.3 Å². The van der Waals surface area contributed by atoms with Crippen molar-refractivity contribution in [3.63, 3.8) is 0 Å². The fourth-order valence-electron chi connectivity index (χ4n) is 2.90. The Hall–Kier alpha value is -1.09. The molecule has 0 aliphatic heterocycles. The van der Waals surface area contributed by atoms with Gasteiger partial charge >= 0.3 is 0 Å². The van der Waals surface area contributed by atoms with Crippen molar-refractivity contribution in [1.29, 1.82) is 0 Å². The summed E-state index contributed by atoms with van der Waals surface area (Å²) in [4.78, 5) is 0. The van der Waals surface area contributed by atoms with E-state index in [0.29, 0.717) is 6.04 Å². The molecule has 1 heterocycles. The fraction of sp³-hybridized carbons (Fsp3) is 0.667. The zero-order valence-electron chi connectivity index (χ0n) is 12.0. The van der Waals surface area contributed by atoms with Gasteiger partial charge in [-0.3, -0.25) is 4.68 Å². The van der Waals surface area contributed by atoms with Gasteiger partial charge in [-0.05, 0) is 52.5 Å². The Kier molecular flexibility index (Phi) is 4.23. The van der Waals surface area contributed by atoms with Gasteiger partial charge in [0.1, 0.15) is 0 Å². The van der Waals surface area contributed by atoms with Gasteiger partial charge in [-0.2, -0.15) is 5.10 Å². The highest BCUT2D eigenvalue weighted by molar-refractivity contribution is 5.27. The van der Waals surface area contributed by atoms with Crippen LogP contribution in [0.1, 0.15) is 49.2 Å². The number of nitrogens with one attached hydrogen (secondary N) is 1. The van der Waals surface area contributed by atoms with Crippen molar-refractivity contribution in [1.82, 2.24) is 15.1 Å². The van der Waals surface area contributed by atoms with E-state index >= 15 is 0 Å². The summed E-state index contributed by atoms with van der Waals surface area (Å²) >= 11 is 0. The molecule has 1 aliphatic carbocycles. The summed E-state index contributed by atoms with van der Waals surface area (Å²) in [6.45, 7) is 7.61. The topological polar surface area (TPSA) is 29.9 Å². The van der Waals surface area contributed by atoms with Crippen LogP contribution in [0, 0.1) is 19.8 Å². The van der Waals surface area contributed by atoms with Crippen molar-refractivity contribution in [3.05, 3.63) is 29.1 Å². The summed E-state index contributed by atoms with van der Waals surface area (Å²) in [5.74, 6) is 0.801. The lowest BCUT2D eigenvalue weighted by atomic mass is 9.94. The van der Waals surface area contributed by atoms with Crippen LogP contribution in [0.15, 0.2) is 12.2 Å². The van der Waals surface area contributed by atoms with Gasteiger partial charge in [-0.15, -0.1) is 0 Å². The van der Waals surface area contributed by atoms with Gasteiger partial charge in [0.15, 0.2) is 0 Å². The molecule has 100 valence electrons. The van der Waals surface area contributed by atoms with Gasteiger partial charge in [0.05, 0.1) is 5.69 Å². The Balaban J connectivity index is 1.95. The first-order valence-corrected chi connectivity index (χ1v) is 6.98. The summed E-state index contributed by atoms with van der Waals surface area (Å²) in [7, 11) is 2.02. The van der Waals surface area contributed by atoms with Crippen molar-refractivity contribution in [2.24, 2.45) is 13.0 Å². The molecule has 0 radical (unpaired) electrons. The first-order valence-electron chi connectivity index (χ1n) is 6.98. The minimum Gasteiger partial charge on any atom is -0.310 e. The number of aromatic nitrogens is 2. The molecule has 0 aromatic carbocycles. The number of rotatable bonds is 4. The van der Waals surface area contributed by atoms with Crippen LogP contribution in [-0.2, 0) is 7.05 Å². The number of aryl methyl sites for hydroxylation is 2. The normalized spacial score (nSPS) is 21.2. The van der Waals surface area contributed by atoms with Crippen molar-refractivity contribution in [2.75, 3.05) is 6.54 Å². The SMILES string of the molecule is Cc1nn(C)c(C)c1C(C)NCC1CC=CCC1.